The van der Waals surface area contributed by atoms with Gasteiger partial charge in [-0.25, -0.2) is 29.1 Å². The quantitative estimate of drug-likeness (QED) is 0.0615. The molecule has 22 heteroatoms. The van der Waals surface area contributed by atoms with Gasteiger partial charge in [0, 0.05) is 21.2 Å². The molecule has 0 aliphatic rings. The Hall–Kier alpha value is -8.10. The predicted molar refractivity (Wildman–Crippen MR) is 267 cm³/mol. The summed E-state index contributed by atoms with van der Waals surface area (Å²) in [6, 6.07) is 30.5. The van der Waals surface area contributed by atoms with Crippen molar-refractivity contribution in [3.63, 3.8) is 0 Å². The maximum absolute atomic E-state index is 13.4. The van der Waals surface area contributed by atoms with Gasteiger partial charge >= 0.3 is 36.2 Å². The van der Waals surface area contributed by atoms with E-state index in [0.29, 0.717) is 27.2 Å². The van der Waals surface area contributed by atoms with Crippen molar-refractivity contribution < 1.29 is 83.1 Å². The number of fused-ring (bicyclic) bond motifs is 2. The molecule has 14 nitrogen and oxygen atoms in total. The maximum Gasteiger partial charge on any atom is 0.416 e. The van der Waals surface area contributed by atoms with E-state index >= 15 is 0 Å². The van der Waals surface area contributed by atoms with Crippen LogP contribution in [0.5, 0.6) is 11.5 Å². The summed E-state index contributed by atoms with van der Waals surface area (Å²) in [5.74, 6) is -4.37. The van der Waals surface area contributed by atoms with Crippen LogP contribution in [0.1, 0.15) is 70.1 Å². The average Bonchev–Trinajstić information content (AvgIpc) is 3.99. The Morgan fingerprint density at radius 2 is 0.974 bits per heavy atom. The number of hydrogen-bond acceptors (Lipinski definition) is 13. The minimum Gasteiger partial charge on any atom is -0.479 e. The molecule has 8 aromatic rings. The number of nitrogens with zero attached hydrogens (tertiary/aromatic N) is 2. The third kappa shape index (κ3) is 15.3. The molecular weight excluding hydrogens is 1050 g/mol. The number of ether oxygens (including phenoxy) is 5. The Morgan fingerprint density at radius 1 is 0.566 bits per heavy atom. The lowest BCUT2D eigenvalue weighted by molar-refractivity contribution is -0.169. The number of carbonyl (C=O) groups excluding carboxylic acids is 3. The zero-order valence-electron chi connectivity index (χ0n) is 38.6. The van der Waals surface area contributed by atoms with Gasteiger partial charge in [-0.3, -0.25) is 0 Å². The van der Waals surface area contributed by atoms with Crippen molar-refractivity contribution in [1.29, 1.82) is 0 Å². The van der Waals surface area contributed by atoms with Crippen molar-refractivity contribution in [3.8, 4) is 34.4 Å². The molecule has 76 heavy (non-hydrogen) atoms. The summed E-state index contributed by atoms with van der Waals surface area (Å²) in [6.45, 7) is 3.13. The largest absolute Gasteiger partial charge is 0.479 e. The van der Waals surface area contributed by atoms with Crippen LogP contribution in [-0.4, -0.2) is 57.8 Å². The number of carboxylic acids is 1. The van der Waals surface area contributed by atoms with E-state index in [1.165, 1.54) is 48.5 Å². The summed E-state index contributed by atoms with van der Waals surface area (Å²) >= 11 is 12.3. The van der Waals surface area contributed by atoms with Crippen LogP contribution in [0.15, 0.2) is 142 Å². The van der Waals surface area contributed by atoms with Crippen molar-refractivity contribution in [2.75, 3.05) is 13.2 Å². The van der Waals surface area contributed by atoms with Gasteiger partial charge < -0.3 is 37.6 Å². The van der Waals surface area contributed by atoms with Crippen LogP contribution in [0.25, 0.3) is 45.1 Å². The number of esters is 3. The molecule has 2 unspecified atom stereocenters. The standard InChI is InChI=1S/C28H23ClF3NO6.C24H15ClF3NO6.2CH4/c1-27(2,3)39-23(34)15-36-26(35)24(16-7-6-8-17(13-16)28(30,31)32)37-21-12-11-18(29)14-19(21)25-33-20-9-4-5-10-22(20)38-25;25-15-8-9-18(16(11-15)22-29-17-6-1-2-7-19(17)35-22)34-21(23(32)33-12-20(30)31)13-4-3-5-14(10-13)24(26,27)28;;/h4-14,24H,15H2,1-3H3;1-11,21H,12H2,(H,30,31);2*1H4. The zero-order valence-corrected chi connectivity index (χ0v) is 40.1. The van der Waals surface area contributed by atoms with Crippen molar-refractivity contribution in [3.05, 3.63) is 166 Å². The lowest BCUT2D eigenvalue weighted by atomic mass is 10.1. The summed E-state index contributed by atoms with van der Waals surface area (Å²) < 4.78 is 118. The van der Waals surface area contributed by atoms with E-state index < -0.39 is 78.4 Å². The van der Waals surface area contributed by atoms with Crippen LogP contribution in [0.3, 0.4) is 0 Å². The first-order valence-electron chi connectivity index (χ1n) is 21.7. The van der Waals surface area contributed by atoms with Crippen LogP contribution in [0.4, 0.5) is 26.3 Å². The van der Waals surface area contributed by atoms with Gasteiger partial charge in [0.1, 0.15) is 28.1 Å². The monoisotopic (exact) mass is 1100 g/mol. The molecular formula is C54H46Cl2F6N2O12. The molecule has 0 saturated carbocycles. The Bertz CT molecular complexity index is 3290. The first kappa shape index (κ1) is 58.8. The predicted octanol–water partition coefficient (Wildman–Crippen LogP) is 14.4. The number of halogens is 8. The topological polar surface area (TPSA) is 187 Å². The summed E-state index contributed by atoms with van der Waals surface area (Å²) in [4.78, 5) is 57.6. The normalized spacial score (nSPS) is 12.2. The molecule has 1 N–H and O–H groups in total. The van der Waals surface area contributed by atoms with Gasteiger partial charge in [0.2, 0.25) is 24.0 Å². The van der Waals surface area contributed by atoms with Crippen LogP contribution in [0, 0.1) is 0 Å². The average molecular weight is 1100 g/mol. The smallest absolute Gasteiger partial charge is 0.416 e. The van der Waals surface area contributed by atoms with Crippen molar-refractivity contribution in [2.24, 2.45) is 0 Å². The Morgan fingerprint density at radius 3 is 1.36 bits per heavy atom. The molecule has 2 atom stereocenters. The molecule has 0 amide bonds. The highest BCUT2D eigenvalue weighted by atomic mass is 35.5. The van der Waals surface area contributed by atoms with Crippen molar-refractivity contribution >= 4 is 69.3 Å². The zero-order chi connectivity index (χ0) is 53.5. The van der Waals surface area contributed by atoms with E-state index in [0.717, 1.165) is 36.4 Å². The van der Waals surface area contributed by atoms with Crippen LogP contribution >= 0.6 is 23.2 Å². The minimum absolute atomic E-state index is 0. The number of carboxylic acid groups (broad SMARTS) is 1. The molecule has 6 aromatic carbocycles. The van der Waals surface area contributed by atoms with E-state index in [2.05, 4.69) is 9.97 Å². The third-order valence-corrected chi connectivity index (χ3v) is 10.4. The number of aromatic nitrogens is 2. The van der Waals surface area contributed by atoms with Crippen LogP contribution < -0.4 is 9.47 Å². The number of hydrogen-bond donors (Lipinski definition) is 1. The molecule has 2 aromatic heterocycles. The molecule has 0 fully saturated rings. The molecule has 0 aliphatic carbocycles. The highest BCUT2D eigenvalue weighted by Gasteiger charge is 2.36. The number of rotatable bonds is 14. The first-order chi connectivity index (χ1) is 34.9. The van der Waals surface area contributed by atoms with Gasteiger partial charge in [-0.2, -0.15) is 26.3 Å². The maximum atomic E-state index is 13.4. The van der Waals surface area contributed by atoms with Gasteiger partial charge in [-0.15, -0.1) is 0 Å². The number of alkyl halides is 6. The highest BCUT2D eigenvalue weighted by Crippen LogP contribution is 2.40. The third-order valence-electron chi connectivity index (χ3n) is 9.97. The van der Waals surface area contributed by atoms with Gasteiger partial charge in [0.25, 0.3) is 0 Å². The van der Waals surface area contributed by atoms with Crippen molar-refractivity contribution in [1.82, 2.24) is 9.97 Å². The summed E-state index contributed by atoms with van der Waals surface area (Å²) in [5.41, 5.74) is -0.730. The molecule has 2 heterocycles. The van der Waals surface area contributed by atoms with Gasteiger partial charge in [0.05, 0.1) is 22.3 Å². The summed E-state index contributed by atoms with van der Waals surface area (Å²) in [6.07, 6.45) is -12.8. The number of carbonyl (C=O) groups is 4. The number of aliphatic carboxylic acids is 1. The molecule has 0 bridgehead atoms. The molecule has 8 rings (SSSR count). The second-order valence-corrected chi connectivity index (χ2v) is 17.6. The second kappa shape index (κ2) is 24.5. The second-order valence-electron chi connectivity index (χ2n) is 16.7. The number of benzene rings is 6. The highest BCUT2D eigenvalue weighted by molar-refractivity contribution is 6.31. The fraction of sp³-hybridized carbons (Fsp3) is 0.222. The van der Waals surface area contributed by atoms with Crippen molar-refractivity contribution in [2.45, 2.75) is 65.8 Å². The van der Waals surface area contributed by atoms with E-state index in [1.807, 2.05) is 0 Å². The number of para-hydroxylation sites is 4. The number of oxazole rings is 2. The van der Waals surface area contributed by atoms with E-state index in [1.54, 1.807) is 69.3 Å². The lowest BCUT2D eigenvalue weighted by Gasteiger charge is -2.22. The van der Waals surface area contributed by atoms with Gasteiger partial charge in [-0.05, 0) is 106 Å². The van der Waals surface area contributed by atoms with Gasteiger partial charge in [-0.1, -0.05) is 86.6 Å². The van der Waals surface area contributed by atoms with E-state index in [4.69, 9.17) is 60.8 Å². The summed E-state index contributed by atoms with van der Waals surface area (Å²) in [7, 11) is 0. The van der Waals surface area contributed by atoms with Gasteiger partial charge in [0.15, 0.2) is 24.4 Å². The lowest BCUT2D eigenvalue weighted by Crippen LogP contribution is -2.29. The molecule has 0 radical (unpaired) electrons. The van der Waals surface area contributed by atoms with Crippen LogP contribution in [-0.2, 0) is 45.7 Å². The Balaban J connectivity index is 0.000000275. The Labute approximate surface area is 440 Å². The van der Waals surface area contributed by atoms with Crippen LogP contribution in [0.2, 0.25) is 10.0 Å². The molecule has 0 spiro atoms. The molecule has 400 valence electrons. The van der Waals surface area contributed by atoms with E-state index in [9.17, 15) is 45.5 Å². The minimum atomic E-state index is -4.69. The first-order valence-corrected chi connectivity index (χ1v) is 22.4. The fourth-order valence-electron chi connectivity index (χ4n) is 6.82. The molecule has 0 aliphatic heterocycles. The summed E-state index contributed by atoms with van der Waals surface area (Å²) in [5, 5.41) is 9.42. The fourth-order valence-corrected chi connectivity index (χ4v) is 7.16. The van der Waals surface area contributed by atoms with E-state index in [-0.39, 0.29) is 65.4 Å². The Kier molecular flexibility index (Phi) is 18.9. The molecule has 0 saturated heterocycles. The SMILES string of the molecule is C.C.CC(C)(C)OC(=O)COC(=O)C(Oc1ccc(Cl)cc1-c1nc2ccccc2o1)c1cccc(C(F)(F)F)c1.O=C(O)COC(=O)C(Oc1ccc(Cl)cc1-c1nc2ccccc2o1)c1cccc(C(F)(F)F)c1.